The van der Waals surface area contributed by atoms with E-state index in [4.69, 9.17) is 0 Å². The van der Waals surface area contributed by atoms with E-state index >= 15 is 0 Å². The van der Waals surface area contributed by atoms with Crippen LogP contribution in [0.4, 0.5) is 0 Å². The molecule has 0 rings (SSSR count). The lowest BCUT2D eigenvalue weighted by Crippen LogP contribution is -1.95. The molecule has 0 aliphatic rings. The smallest absolute Gasteiger partial charge is 0.302 e. The second-order valence-electron chi connectivity index (χ2n) is 1.06. The van der Waals surface area contributed by atoms with Crippen molar-refractivity contribution in [3.8, 4) is 0 Å². The lowest BCUT2D eigenvalue weighted by Gasteiger charge is -1.89. The Hall–Kier alpha value is -0.640. The van der Waals surface area contributed by atoms with Gasteiger partial charge in [0, 0.05) is 6.92 Å². The molecule has 9 heavy (non-hydrogen) atoms. The molecular weight excluding hydrogens is 138 g/mol. The first-order valence-corrected chi connectivity index (χ1v) is 2.94. The maximum absolute atomic E-state index is 9.82. The second-order valence-corrected chi connectivity index (χ2v) is 1.33. The van der Waals surface area contributed by atoms with Crippen LogP contribution < -0.4 is 5.73 Å². The van der Waals surface area contributed by atoms with Gasteiger partial charge < -0.3 is 10.5 Å². The van der Waals surface area contributed by atoms with Gasteiger partial charge in [0.25, 0.3) is 0 Å². The van der Waals surface area contributed by atoms with Crippen molar-refractivity contribution in [1.29, 1.82) is 0 Å². The van der Waals surface area contributed by atoms with E-state index in [0.717, 1.165) is 5.49 Å². The maximum Gasteiger partial charge on any atom is 0.302 e. The first-order valence-electron chi connectivity index (χ1n) is 2.47. The fourth-order valence-corrected chi connectivity index (χ4v) is 0.203. The first-order chi connectivity index (χ1) is 4.18. The Balaban J connectivity index is 0. The van der Waals surface area contributed by atoms with E-state index in [-0.39, 0.29) is 5.97 Å². The molecule has 0 aromatic heterocycles. The van der Waals surface area contributed by atoms with Gasteiger partial charge in [0.1, 0.15) is 0 Å². The molecule has 0 spiro atoms. The highest BCUT2D eigenvalue weighted by molar-refractivity contribution is 7.78. The van der Waals surface area contributed by atoms with Gasteiger partial charge in [0.2, 0.25) is 0 Å². The van der Waals surface area contributed by atoms with Crippen LogP contribution in [-0.2, 0) is 9.53 Å². The van der Waals surface area contributed by atoms with Crippen molar-refractivity contribution in [3.05, 3.63) is 0 Å². The summed E-state index contributed by atoms with van der Waals surface area (Å²) in [6.45, 7) is 3.65. The molecule has 0 aromatic rings. The third kappa shape index (κ3) is 38.0. The van der Waals surface area contributed by atoms with Crippen LogP contribution in [-0.4, -0.2) is 18.1 Å². The van der Waals surface area contributed by atoms with Gasteiger partial charge in [-0.15, -0.1) is 0 Å². The van der Waals surface area contributed by atoms with Crippen LogP contribution in [0, 0.1) is 0 Å². The molecular formula is C5H11NO2S. The van der Waals surface area contributed by atoms with Gasteiger partial charge in [-0.25, -0.2) is 0 Å². The largest absolute Gasteiger partial charge is 0.466 e. The summed E-state index contributed by atoms with van der Waals surface area (Å²) in [7, 11) is 0. The molecule has 3 nitrogen and oxygen atoms in total. The minimum absolute atomic E-state index is 0.211. The zero-order chi connectivity index (χ0) is 7.70. The van der Waals surface area contributed by atoms with E-state index < -0.39 is 0 Å². The molecule has 0 unspecified atom stereocenters. The van der Waals surface area contributed by atoms with Crippen molar-refractivity contribution in [3.63, 3.8) is 0 Å². The standard InChI is InChI=1S/C4H8O2.CH3NS/c1-3-6-4(2)5;2-1-3/h3H2,1-2H3;1H,(H2,2,3). The van der Waals surface area contributed by atoms with Crippen LogP contribution in [0.25, 0.3) is 0 Å². The molecule has 0 saturated heterocycles. The Labute approximate surface area is 60.2 Å². The summed E-state index contributed by atoms with van der Waals surface area (Å²) in [5.41, 5.74) is 5.62. The first kappa shape index (κ1) is 11.2. The topological polar surface area (TPSA) is 52.3 Å². The molecule has 54 valence electrons. The molecule has 0 atom stereocenters. The molecule has 0 fully saturated rings. The number of rotatable bonds is 1. The SMILES string of the molecule is CCOC(C)=O.NC=S. The summed E-state index contributed by atoms with van der Waals surface area (Å²) in [4.78, 5) is 9.82. The van der Waals surface area contributed by atoms with E-state index in [9.17, 15) is 4.79 Å². The van der Waals surface area contributed by atoms with Gasteiger partial charge in [-0.2, -0.15) is 0 Å². The van der Waals surface area contributed by atoms with Crippen LogP contribution in [0.15, 0.2) is 0 Å². The van der Waals surface area contributed by atoms with Crippen LogP contribution in [0.2, 0.25) is 0 Å². The summed E-state index contributed by atoms with van der Waals surface area (Å²) < 4.78 is 4.40. The van der Waals surface area contributed by atoms with Crippen molar-refractivity contribution in [2.75, 3.05) is 6.61 Å². The zero-order valence-corrected chi connectivity index (χ0v) is 6.40. The molecule has 0 radical (unpaired) electrons. The molecule has 0 heterocycles. The van der Waals surface area contributed by atoms with E-state index in [0.29, 0.717) is 6.61 Å². The van der Waals surface area contributed by atoms with E-state index in [1.165, 1.54) is 6.92 Å². The Morgan fingerprint density at radius 3 is 2.22 bits per heavy atom. The highest BCUT2D eigenvalue weighted by Gasteiger charge is 1.81. The third-order valence-corrected chi connectivity index (χ3v) is 0.348. The molecule has 0 bridgehead atoms. The molecule has 2 N–H and O–H groups in total. The van der Waals surface area contributed by atoms with Crippen molar-refractivity contribution < 1.29 is 9.53 Å². The second kappa shape index (κ2) is 10.4. The summed E-state index contributed by atoms with van der Waals surface area (Å²) in [6, 6.07) is 0. The normalized spacial score (nSPS) is 6.44. The number of hydrogen-bond donors (Lipinski definition) is 1. The van der Waals surface area contributed by atoms with Gasteiger partial charge in [-0.1, -0.05) is 12.2 Å². The maximum atomic E-state index is 9.82. The summed E-state index contributed by atoms with van der Waals surface area (Å²) >= 11 is 4.05. The summed E-state index contributed by atoms with van der Waals surface area (Å²) in [5.74, 6) is -0.211. The number of hydrogen-bond acceptors (Lipinski definition) is 3. The highest BCUT2D eigenvalue weighted by atomic mass is 32.1. The minimum Gasteiger partial charge on any atom is -0.466 e. The van der Waals surface area contributed by atoms with Crippen molar-refractivity contribution in [2.24, 2.45) is 5.73 Å². The van der Waals surface area contributed by atoms with Crippen LogP contribution >= 0.6 is 12.2 Å². The van der Waals surface area contributed by atoms with Crippen LogP contribution in [0.1, 0.15) is 13.8 Å². The lowest BCUT2D eigenvalue weighted by atomic mass is 10.8. The Morgan fingerprint density at radius 2 is 2.22 bits per heavy atom. The predicted octanol–water partition coefficient (Wildman–Crippen LogP) is 0.472. The fourth-order valence-electron chi connectivity index (χ4n) is 0.203. The number of carbonyl (C=O) groups is 1. The number of nitrogens with two attached hydrogens (primary N) is 1. The van der Waals surface area contributed by atoms with E-state index in [1.54, 1.807) is 6.92 Å². The lowest BCUT2D eigenvalue weighted by molar-refractivity contribution is -0.140. The predicted molar refractivity (Wildman–Crippen MR) is 40.1 cm³/mol. The number of ether oxygens (including phenoxy) is 1. The van der Waals surface area contributed by atoms with E-state index in [2.05, 4.69) is 22.7 Å². The monoisotopic (exact) mass is 149 g/mol. The van der Waals surface area contributed by atoms with Gasteiger partial charge in [-0.3, -0.25) is 4.79 Å². The highest BCUT2D eigenvalue weighted by Crippen LogP contribution is 1.69. The van der Waals surface area contributed by atoms with E-state index in [1.807, 2.05) is 0 Å². The molecule has 4 heteroatoms. The van der Waals surface area contributed by atoms with Crippen LogP contribution in [0.5, 0.6) is 0 Å². The molecule has 0 saturated carbocycles. The van der Waals surface area contributed by atoms with Crippen molar-refractivity contribution >= 4 is 23.7 Å². The average Bonchev–Trinajstić information content (AvgIpc) is 1.67. The third-order valence-electron chi connectivity index (χ3n) is 0.348. The summed E-state index contributed by atoms with van der Waals surface area (Å²) in [6.07, 6.45) is 0. The van der Waals surface area contributed by atoms with Gasteiger partial charge in [0.05, 0.1) is 12.1 Å². The quantitative estimate of drug-likeness (QED) is 0.435. The van der Waals surface area contributed by atoms with Crippen molar-refractivity contribution in [2.45, 2.75) is 13.8 Å². The number of thiocarbonyl (C=S) groups is 1. The Morgan fingerprint density at radius 1 is 1.89 bits per heavy atom. The molecule has 0 aliphatic carbocycles. The Kier molecular flexibility index (Phi) is 12.9. The number of esters is 1. The fraction of sp³-hybridized carbons (Fsp3) is 0.600. The molecule has 0 aliphatic heterocycles. The van der Waals surface area contributed by atoms with Gasteiger partial charge in [0.15, 0.2) is 0 Å². The van der Waals surface area contributed by atoms with Gasteiger partial charge in [-0.05, 0) is 6.92 Å². The average molecular weight is 149 g/mol. The molecule has 0 amide bonds. The minimum atomic E-state index is -0.211. The zero-order valence-electron chi connectivity index (χ0n) is 5.59. The summed E-state index contributed by atoms with van der Waals surface area (Å²) in [5, 5.41) is 0. The van der Waals surface area contributed by atoms with Crippen LogP contribution in [0.3, 0.4) is 0 Å². The molecule has 0 aromatic carbocycles. The Bertz CT molecular complexity index is 85.0. The van der Waals surface area contributed by atoms with Gasteiger partial charge >= 0.3 is 5.97 Å². The van der Waals surface area contributed by atoms with Crippen molar-refractivity contribution in [1.82, 2.24) is 0 Å². The number of carbonyl (C=O) groups excluding carboxylic acids is 1.